The molecule has 1 aromatic heterocycles. The Labute approximate surface area is 132 Å². The predicted octanol–water partition coefficient (Wildman–Crippen LogP) is 0.861. The zero-order chi connectivity index (χ0) is 14.8. The van der Waals surface area contributed by atoms with E-state index in [-0.39, 0.29) is 0 Å². The molecule has 6 nitrogen and oxygen atoms in total. The van der Waals surface area contributed by atoms with Crippen molar-refractivity contribution in [1.82, 2.24) is 25.4 Å². The molecule has 0 spiro atoms. The van der Waals surface area contributed by atoms with Crippen LogP contribution in [-0.2, 0) is 24.2 Å². The Morgan fingerprint density at radius 2 is 2.23 bits per heavy atom. The van der Waals surface area contributed by atoms with Gasteiger partial charge in [0.2, 0.25) is 0 Å². The molecule has 6 heteroatoms. The molecule has 4 rings (SSSR count). The molecule has 1 saturated carbocycles. The monoisotopic (exact) mass is 305 g/mol. The van der Waals surface area contributed by atoms with Crippen molar-refractivity contribution in [2.45, 2.75) is 63.7 Å². The van der Waals surface area contributed by atoms with E-state index in [0.29, 0.717) is 18.0 Å². The lowest BCUT2D eigenvalue weighted by Crippen LogP contribution is -2.50. The minimum Gasteiger partial charge on any atom is -0.379 e. The summed E-state index contributed by atoms with van der Waals surface area (Å²) in [5, 5.41) is 16.2. The van der Waals surface area contributed by atoms with Crippen molar-refractivity contribution < 1.29 is 4.74 Å². The molecule has 1 saturated heterocycles. The largest absolute Gasteiger partial charge is 0.379 e. The molecule has 0 bridgehead atoms. The molecule has 1 aromatic rings. The molecule has 2 N–H and O–H groups in total. The van der Waals surface area contributed by atoms with Gasteiger partial charge in [-0.15, -0.1) is 10.2 Å². The highest BCUT2D eigenvalue weighted by Crippen LogP contribution is 2.29. The Kier molecular flexibility index (Phi) is 4.41. The lowest BCUT2D eigenvalue weighted by Gasteiger charge is -2.33. The van der Waals surface area contributed by atoms with Gasteiger partial charge in [-0.25, -0.2) is 0 Å². The van der Waals surface area contributed by atoms with Crippen LogP contribution in [0.25, 0.3) is 0 Å². The van der Waals surface area contributed by atoms with Gasteiger partial charge in [0.25, 0.3) is 0 Å². The maximum atomic E-state index is 5.65. The number of rotatable bonds is 4. The molecule has 3 aliphatic rings. The summed E-state index contributed by atoms with van der Waals surface area (Å²) >= 11 is 0. The molecule has 122 valence electrons. The van der Waals surface area contributed by atoms with Crippen molar-refractivity contribution in [2.75, 3.05) is 19.8 Å². The molecule has 0 amide bonds. The third kappa shape index (κ3) is 2.92. The van der Waals surface area contributed by atoms with Crippen LogP contribution in [0.1, 0.15) is 43.8 Å². The van der Waals surface area contributed by atoms with E-state index in [1.165, 1.54) is 37.9 Å². The highest BCUT2D eigenvalue weighted by Gasteiger charge is 2.34. The molecule has 0 radical (unpaired) electrons. The first-order valence-electron chi connectivity index (χ1n) is 8.87. The normalized spacial score (nSPS) is 32.1. The van der Waals surface area contributed by atoms with Crippen LogP contribution in [0.3, 0.4) is 0 Å². The summed E-state index contributed by atoms with van der Waals surface area (Å²) in [6.07, 6.45) is 7.48. The second kappa shape index (κ2) is 6.64. The Bertz CT molecular complexity index is 497. The first-order chi connectivity index (χ1) is 10.9. The van der Waals surface area contributed by atoms with Gasteiger partial charge in [0.05, 0.1) is 19.8 Å². The second-order valence-corrected chi connectivity index (χ2v) is 6.86. The van der Waals surface area contributed by atoms with Gasteiger partial charge in [-0.2, -0.15) is 0 Å². The van der Waals surface area contributed by atoms with Crippen LogP contribution >= 0.6 is 0 Å². The van der Waals surface area contributed by atoms with Gasteiger partial charge in [-0.3, -0.25) is 0 Å². The van der Waals surface area contributed by atoms with E-state index in [1.807, 2.05) is 0 Å². The highest BCUT2D eigenvalue weighted by atomic mass is 16.5. The van der Waals surface area contributed by atoms with E-state index < -0.39 is 0 Å². The molecule has 3 atom stereocenters. The van der Waals surface area contributed by atoms with Gasteiger partial charge < -0.3 is 19.9 Å². The van der Waals surface area contributed by atoms with Crippen LogP contribution in [0.4, 0.5) is 0 Å². The summed E-state index contributed by atoms with van der Waals surface area (Å²) in [7, 11) is 0. The van der Waals surface area contributed by atoms with Crippen LogP contribution < -0.4 is 10.6 Å². The molecule has 3 unspecified atom stereocenters. The van der Waals surface area contributed by atoms with Crippen molar-refractivity contribution in [1.29, 1.82) is 0 Å². The van der Waals surface area contributed by atoms with Crippen molar-refractivity contribution in [3.05, 3.63) is 11.6 Å². The number of nitrogens with one attached hydrogen (secondary N) is 2. The van der Waals surface area contributed by atoms with Crippen LogP contribution in [0.15, 0.2) is 0 Å². The van der Waals surface area contributed by atoms with E-state index in [2.05, 4.69) is 25.4 Å². The van der Waals surface area contributed by atoms with Crippen molar-refractivity contribution >= 4 is 0 Å². The van der Waals surface area contributed by atoms with Gasteiger partial charge in [-0.1, -0.05) is 6.42 Å². The fourth-order valence-electron chi connectivity index (χ4n) is 4.31. The predicted molar refractivity (Wildman–Crippen MR) is 83.5 cm³/mol. The van der Waals surface area contributed by atoms with E-state index in [1.54, 1.807) is 0 Å². The van der Waals surface area contributed by atoms with Crippen molar-refractivity contribution in [3.8, 4) is 0 Å². The van der Waals surface area contributed by atoms with E-state index >= 15 is 0 Å². The number of aryl methyl sites for hydroxylation is 1. The summed E-state index contributed by atoms with van der Waals surface area (Å²) in [6, 6.07) is 1.09. The average molecular weight is 305 g/mol. The minimum absolute atomic E-state index is 0.515. The molecule has 2 aliphatic heterocycles. The smallest absolute Gasteiger partial charge is 0.147 e. The van der Waals surface area contributed by atoms with Gasteiger partial charge in [0.1, 0.15) is 11.6 Å². The van der Waals surface area contributed by atoms with Crippen LogP contribution in [0, 0.1) is 5.92 Å². The quantitative estimate of drug-likeness (QED) is 0.864. The number of fused-ring (bicyclic) bond motifs is 1. The summed E-state index contributed by atoms with van der Waals surface area (Å²) in [5.41, 5.74) is 0. The first kappa shape index (κ1) is 14.6. The van der Waals surface area contributed by atoms with Crippen LogP contribution in [0.5, 0.6) is 0 Å². The maximum absolute atomic E-state index is 5.65. The van der Waals surface area contributed by atoms with Crippen LogP contribution in [-0.4, -0.2) is 46.6 Å². The number of aromatic nitrogens is 3. The van der Waals surface area contributed by atoms with Gasteiger partial charge in [-0.05, 0) is 31.6 Å². The second-order valence-electron chi connectivity index (χ2n) is 6.86. The number of ether oxygens (including phenoxy) is 1. The van der Waals surface area contributed by atoms with E-state index in [4.69, 9.17) is 4.74 Å². The molecule has 22 heavy (non-hydrogen) atoms. The van der Waals surface area contributed by atoms with Crippen LogP contribution in [0.2, 0.25) is 0 Å². The summed E-state index contributed by atoms with van der Waals surface area (Å²) in [4.78, 5) is 0. The lowest BCUT2D eigenvalue weighted by atomic mass is 9.94. The minimum atomic E-state index is 0.515. The third-order valence-corrected chi connectivity index (χ3v) is 5.50. The number of nitrogens with zero attached hydrogens (tertiary/aromatic N) is 3. The zero-order valence-electron chi connectivity index (χ0n) is 13.3. The lowest BCUT2D eigenvalue weighted by molar-refractivity contribution is 0.0523. The SMILES string of the molecule is C1CCn2c(nnc2CNC2CCCC2C2COCCN2)C1. The first-order valence-corrected chi connectivity index (χ1v) is 8.87. The number of hydrogen-bond donors (Lipinski definition) is 2. The van der Waals surface area contributed by atoms with E-state index in [9.17, 15) is 0 Å². The third-order valence-electron chi connectivity index (χ3n) is 5.50. The molecular weight excluding hydrogens is 278 g/mol. The molecule has 0 aromatic carbocycles. The Morgan fingerprint density at radius 3 is 3.14 bits per heavy atom. The standard InChI is InChI=1S/C16H27N5O/c1-2-8-21-15(6-1)19-20-16(21)10-18-13-5-3-4-12(13)14-11-22-9-7-17-14/h12-14,17-18H,1-11H2. The summed E-state index contributed by atoms with van der Waals surface area (Å²) in [6.45, 7) is 4.65. The summed E-state index contributed by atoms with van der Waals surface area (Å²) in [5.74, 6) is 2.98. The number of hydrogen-bond acceptors (Lipinski definition) is 5. The number of morpholine rings is 1. The fraction of sp³-hybridized carbons (Fsp3) is 0.875. The molecular formula is C16H27N5O. The Balaban J connectivity index is 1.37. The van der Waals surface area contributed by atoms with Gasteiger partial charge >= 0.3 is 0 Å². The molecule has 3 heterocycles. The van der Waals surface area contributed by atoms with E-state index in [0.717, 1.165) is 45.1 Å². The van der Waals surface area contributed by atoms with Gasteiger partial charge in [0.15, 0.2) is 0 Å². The Hall–Kier alpha value is -0.980. The molecule has 1 aliphatic carbocycles. The summed E-state index contributed by atoms with van der Waals surface area (Å²) < 4.78 is 7.97. The highest BCUT2D eigenvalue weighted by molar-refractivity contribution is 5.00. The average Bonchev–Trinajstić information content (AvgIpc) is 3.20. The fourth-order valence-corrected chi connectivity index (χ4v) is 4.31. The topological polar surface area (TPSA) is 64.0 Å². The van der Waals surface area contributed by atoms with Gasteiger partial charge in [0, 0.05) is 31.6 Å². The van der Waals surface area contributed by atoms with Crippen molar-refractivity contribution in [3.63, 3.8) is 0 Å². The van der Waals surface area contributed by atoms with Crippen molar-refractivity contribution in [2.24, 2.45) is 5.92 Å². The molecule has 2 fully saturated rings. The Morgan fingerprint density at radius 1 is 1.23 bits per heavy atom. The zero-order valence-corrected chi connectivity index (χ0v) is 13.3. The maximum Gasteiger partial charge on any atom is 0.147 e.